The fourth-order valence-corrected chi connectivity index (χ4v) is 4.74. The lowest BCUT2D eigenvalue weighted by Gasteiger charge is -2.16. The van der Waals surface area contributed by atoms with Gasteiger partial charge in [-0.25, -0.2) is 13.2 Å². The van der Waals surface area contributed by atoms with Gasteiger partial charge < -0.3 is 4.74 Å². The lowest BCUT2D eigenvalue weighted by Crippen LogP contribution is -2.27. The van der Waals surface area contributed by atoms with Crippen LogP contribution in [0.5, 0.6) is 0 Å². The van der Waals surface area contributed by atoms with E-state index in [2.05, 4.69) is 0 Å². The summed E-state index contributed by atoms with van der Waals surface area (Å²) in [5, 5.41) is 0.528. The second kappa shape index (κ2) is 7.78. The standard InChI is InChI=1S/C19H20ClNO4S/c1-14(17-6-2-3-7-18(17)20)25-19(22)15-8-10-16(11-9-15)26(23,24)21-12-4-5-13-21/h2-3,6-11,14H,4-5,12-13H2,1H3/t14-/m1/s1. The number of carbonyl (C=O) groups excluding carboxylic acids is 1. The van der Waals surface area contributed by atoms with Crippen molar-refractivity contribution in [1.82, 2.24) is 4.31 Å². The fraction of sp³-hybridized carbons (Fsp3) is 0.316. The highest BCUT2D eigenvalue weighted by Crippen LogP contribution is 2.26. The zero-order chi connectivity index (χ0) is 18.7. The zero-order valence-corrected chi connectivity index (χ0v) is 16.0. The van der Waals surface area contributed by atoms with Crippen molar-refractivity contribution >= 4 is 27.6 Å². The molecule has 0 aromatic heterocycles. The van der Waals surface area contributed by atoms with E-state index in [-0.39, 0.29) is 4.90 Å². The SMILES string of the molecule is C[C@@H](OC(=O)c1ccc(S(=O)(=O)N2CCCC2)cc1)c1ccccc1Cl. The number of rotatable bonds is 5. The average molecular weight is 394 g/mol. The van der Waals surface area contributed by atoms with Gasteiger partial charge in [0.15, 0.2) is 0 Å². The number of carbonyl (C=O) groups is 1. The van der Waals surface area contributed by atoms with Gasteiger partial charge in [-0.2, -0.15) is 4.31 Å². The monoisotopic (exact) mass is 393 g/mol. The molecule has 5 nitrogen and oxygen atoms in total. The predicted molar refractivity (Wildman–Crippen MR) is 99.7 cm³/mol. The fourth-order valence-electron chi connectivity index (χ4n) is 2.94. The molecule has 1 aliphatic rings. The first kappa shape index (κ1) is 18.9. The van der Waals surface area contributed by atoms with E-state index < -0.39 is 22.1 Å². The number of halogens is 1. The van der Waals surface area contributed by atoms with Gasteiger partial charge in [0.1, 0.15) is 6.10 Å². The van der Waals surface area contributed by atoms with Crippen molar-refractivity contribution in [1.29, 1.82) is 0 Å². The lowest BCUT2D eigenvalue weighted by atomic mass is 10.1. The van der Waals surface area contributed by atoms with Crippen molar-refractivity contribution in [3.8, 4) is 0 Å². The number of nitrogens with zero attached hydrogens (tertiary/aromatic N) is 1. The number of benzene rings is 2. The van der Waals surface area contributed by atoms with Gasteiger partial charge in [0.25, 0.3) is 0 Å². The second-order valence-electron chi connectivity index (χ2n) is 6.20. The highest BCUT2D eigenvalue weighted by Gasteiger charge is 2.27. The molecule has 3 rings (SSSR count). The Bertz CT molecular complexity index is 890. The average Bonchev–Trinajstić information content (AvgIpc) is 3.17. The van der Waals surface area contributed by atoms with Crippen LogP contribution in [0.15, 0.2) is 53.4 Å². The van der Waals surface area contributed by atoms with Crippen LogP contribution in [0, 0.1) is 0 Å². The topological polar surface area (TPSA) is 63.7 Å². The summed E-state index contributed by atoms with van der Waals surface area (Å²) in [7, 11) is -3.49. The van der Waals surface area contributed by atoms with Gasteiger partial charge in [-0.1, -0.05) is 29.8 Å². The van der Waals surface area contributed by atoms with Gasteiger partial charge in [-0.15, -0.1) is 0 Å². The van der Waals surface area contributed by atoms with Crippen LogP contribution in [-0.4, -0.2) is 31.8 Å². The van der Waals surface area contributed by atoms with Crippen molar-refractivity contribution in [3.05, 3.63) is 64.7 Å². The number of hydrogen-bond acceptors (Lipinski definition) is 4. The molecule has 0 saturated carbocycles. The van der Waals surface area contributed by atoms with Crippen LogP contribution >= 0.6 is 11.6 Å². The van der Waals surface area contributed by atoms with Crippen LogP contribution in [0.2, 0.25) is 5.02 Å². The summed E-state index contributed by atoms with van der Waals surface area (Å²) >= 11 is 6.12. The summed E-state index contributed by atoms with van der Waals surface area (Å²) in [4.78, 5) is 12.5. The lowest BCUT2D eigenvalue weighted by molar-refractivity contribution is 0.0338. The molecule has 0 radical (unpaired) electrons. The van der Waals surface area contributed by atoms with Crippen molar-refractivity contribution in [2.75, 3.05) is 13.1 Å². The third-order valence-corrected chi connectivity index (χ3v) is 6.68. The summed E-state index contributed by atoms with van der Waals surface area (Å²) in [5.41, 5.74) is 1.01. The quantitative estimate of drug-likeness (QED) is 0.719. The molecule has 1 heterocycles. The predicted octanol–water partition coefficient (Wildman–Crippen LogP) is 4.04. The summed E-state index contributed by atoms with van der Waals surface area (Å²) in [6.45, 7) is 2.83. The van der Waals surface area contributed by atoms with E-state index in [0.29, 0.717) is 23.7 Å². The number of ether oxygens (including phenoxy) is 1. The molecule has 0 aliphatic carbocycles. The molecule has 1 aliphatic heterocycles. The molecule has 1 saturated heterocycles. The van der Waals surface area contributed by atoms with Gasteiger partial charge in [-0.05, 0) is 50.1 Å². The Balaban J connectivity index is 1.72. The Hall–Kier alpha value is -1.89. The van der Waals surface area contributed by atoms with Crippen LogP contribution in [0.4, 0.5) is 0 Å². The number of sulfonamides is 1. The van der Waals surface area contributed by atoms with Crippen molar-refractivity contribution in [2.45, 2.75) is 30.8 Å². The molecule has 1 fully saturated rings. The first-order valence-corrected chi connectivity index (χ1v) is 10.3. The van der Waals surface area contributed by atoms with Crippen LogP contribution in [-0.2, 0) is 14.8 Å². The maximum absolute atomic E-state index is 12.5. The number of esters is 1. The van der Waals surface area contributed by atoms with Gasteiger partial charge in [0.05, 0.1) is 10.5 Å². The van der Waals surface area contributed by atoms with E-state index in [1.54, 1.807) is 25.1 Å². The third kappa shape index (κ3) is 3.92. The second-order valence-corrected chi connectivity index (χ2v) is 8.55. The largest absolute Gasteiger partial charge is 0.454 e. The molecule has 138 valence electrons. The summed E-state index contributed by atoms with van der Waals surface area (Å²) in [5.74, 6) is -0.525. The molecule has 2 aromatic carbocycles. The molecule has 0 bridgehead atoms. The Morgan fingerprint density at radius 3 is 2.31 bits per heavy atom. The molecule has 2 aromatic rings. The molecule has 0 amide bonds. The highest BCUT2D eigenvalue weighted by molar-refractivity contribution is 7.89. The van der Waals surface area contributed by atoms with Crippen molar-refractivity contribution in [2.24, 2.45) is 0 Å². The van der Waals surface area contributed by atoms with Gasteiger partial charge in [0.2, 0.25) is 10.0 Å². The van der Waals surface area contributed by atoms with Gasteiger partial charge >= 0.3 is 5.97 Å². The first-order valence-electron chi connectivity index (χ1n) is 8.45. The molecule has 7 heteroatoms. The molecular formula is C19H20ClNO4S. The minimum absolute atomic E-state index is 0.190. The van der Waals surface area contributed by atoms with Gasteiger partial charge in [0, 0.05) is 23.7 Å². The van der Waals surface area contributed by atoms with E-state index in [4.69, 9.17) is 16.3 Å². The maximum Gasteiger partial charge on any atom is 0.338 e. The molecule has 26 heavy (non-hydrogen) atoms. The van der Waals surface area contributed by atoms with Crippen molar-refractivity contribution in [3.63, 3.8) is 0 Å². The van der Waals surface area contributed by atoms with Crippen LogP contribution < -0.4 is 0 Å². The Morgan fingerprint density at radius 2 is 1.69 bits per heavy atom. The smallest absolute Gasteiger partial charge is 0.338 e. The minimum atomic E-state index is -3.49. The number of hydrogen-bond donors (Lipinski definition) is 0. The van der Waals surface area contributed by atoms with E-state index >= 15 is 0 Å². The van der Waals surface area contributed by atoms with Gasteiger partial charge in [-0.3, -0.25) is 0 Å². The van der Waals surface area contributed by atoms with E-state index in [1.165, 1.54) is 28.6 Å². The third-order valence-electron chi connectivity index (χ3n) is 4.42. The Labute approximate surface area is 158 Å². The maximum atomic E-state index is 12.5. The molecule has 0 unspecified atom stereocenters. The van der Waals surface area contributed by atoms with E-state index in [9.17, 15) is 13.2 Å². The Morgan fingerprint density at radius 1 is 1.08 bits per heavy atom. The molecule has 0 spiro atoms. The van der Waals surface area contributed by atoms with Crippen LogP contribution in [0.25, 0.3) is 0 Å². The van der Waals surface area contributed by atoms with E-state index in [1.807, 2.05) is 6.07 Å². The first-order chi connectivity index (χ1) is 12.4. The molecular weight excluding hydrogens is 374 g/mol. The summed E-state index contributed by atoms with van der Waals surface area (Å²) in [6, 6.07) is 13.0. The normalized spacial score (nSPS) is 16.4. The van der Waals surface area contributed by atoms with Crippen molar-refractivity contribution < 1.29 is 17.9 Å². The van der Waals surface area contributed by atoms with E-state index in [0.717, 1.165) is 18.4 Å². The summed E-state index contributed by atoms with van der Waals surface area (Å²) < 4.78 is 31.9. The summed E-state index contributed by atoms with van der Waals surface area (Å²) in [6.07, 6.45) is 1.25. The molecule has 1 atom stereocenters. The van der Waals surface area contributed by atoms with Crippen LogP contribution in [0.1, 0.15) is 41.8 Å². The minimum Gasteiger partial charge on any atom is -0.454 e. The Kier molecular flexibility index (Phi) is 5.65. The zero-order valence-electron chi connectivity index (χ0n) is 14.4. The highest BCUT2D eigenvalue weighted by atomic mass is 35.5. The molecule has 0 N–H and O–H groups in total. The van der Waals surface area contributed by atoms with Crippen LogP contribution in [0.3, 0.4) is 0 Å².